The summed E-state index contributed by atoms with van der Waals surface area (Å²) in [5.41, 5.74) is 2.00. The molecule has 1 N–H and O–H groups in total. The first kappa shape index (κ1) is 17.7. The van der Waals surface area contributed by atoms with E-state index in [0.717, 1.165) is 11.3 Å². The maximum Gasteiger partial charge on any atom is 0.255 e. The molecule has 0 spiro atoms. The van der Waals surface area contributed by atoms with Gasteiger partial charge in [0.25, 0.3) is 5.91 Å². The van der Waals surface area contributed by atoms with Gasteiger partial charge in [0.05, 0.1) is 11.8 Å². The molecule has 6 nitrogen and oxygen atoms in total. The van der Waals surface area contributed by atoms with Gasteiger partial charge in [0.2, 0.25) is 5.91 Å². The highest BCUT2D eigenvalue weighted by Crippen LogP contribution is 2.17. The SMILES string of the molecule is CCN(CC)C(=O)[C@H](NC(=O)c1cnn(C)c1C)c1ccccc1. The Morgan fingerprint density at radius 3 is 2.33 bits per heavy atom. The van der Waals surface area contributed by atoms with E-state index in [1.807, 2.05) is 51.1 Å². The molecule has 0 aliphatic rings. The van der Waals surface area contributed by atoms with Crippen LogP contribution in [0.2, 0.25) is 0 Å². The highest BCUT2D eigenvalue weighted by atomic mass is 16.2. The fourth-order valence-corrected chi connectivity index (χ4v) is 2.58. The number of carbonyl (C=O) groups is 2. The van der Waals surface area contributed by atoms with Crippen LogP contribution in [-0.4, -0.2) is 39.6 Å². The van der Waals surface area contributed by atoms with Gasteiger partial charge in [0, 0.05) is 25.8 Å². The minimum absolute atomic E-state index is 0.110. The van der Waals surface area contributed by atoms with Gasteiger partial charge >= 0.3 is 0 Å². The van der Waals surface area contributed by atoms with Crippen LogP contribution in [0.4, 0.5) is 0 Å². The zero-order valence-corrected chi connectivity index (χ0v) is 14.6. The summed E-state index contributed by atoms with van der Waals surface area (Å²) in [4.78, 5) is 27.2. The summed E-state index contributed by atoms with van der Waals surface area (Å²) in [6.07, 6.45) is 1.52. The molecule has 1 atom stereocenters. The standard InChI is InChI=1S/C18H24N4O2/c1-5-22(6-2)18(24)16(14-10-8-7-9-11-14)20-17(23)15-12-19-21(4)13(15)3/h7-12,16H,5-6H2,1-4H3,(H,20,23)/t16-/m1/s1. The Hall–Kier alpha value is -2.63. The summed E-state index contributed by atoms with van der Waals surface area (Å²) < 4.78 is 1.64. The summed E-state index contributed by atoms with van der Waals surface area (Å²) >= 11 is 0. The first-order chi connectivity index (χ1) is 11.5. The van der Waals surface area contributed by atoms with E-state index in [-0.39, 0.29) is 11.8 Å². The van der Waals surface area contributed by atoms with Crippen LogP contribution in [0.25, 0.3) is 0 Å². The van der Waals surface area contributed by atoms with Crippen molar-refractivity contribution >= 4 is 11.8 Å². The zero-order valence-electron chi connectivity index (χ0n) is 14.6. The second-order valence-electron chi connectivity index (χ2n) is 5.59. The van der Waals surface area contributed by atoms with Crippen LogP contribution in [-0.2, 0) is 11.8 Å². The van der Waals surface area contributed by atoms with Gasteiger partial charge in [-0.25, -0.2) is 0 Å². The van der Waals surface area contributed by atoms with E-state index >= 15 is 0 Å². The fraction of sp³-hybridized carbons (Fsp3) is 0.389. The van der Waals surface area contributed by atoms with Crippen LogP contribution in [0, 0.1) is 6.92 Å². The average Bonchev–Trinajstić information content (AvgIpc) is 2.93. The summed E-state index contributed by atoms with van der Waals surface area (Å²) in [6, 6.07) is 8.59. The van der Waals surface area contributed by atoms with Gasteiger partial charge in [-0.2, -0.15) is 5.10 Å². The number of nitrogens with one attached hydrogen (secondary N) is 1. The molecular formula is C18H24N4O2. The van der Waals surface area contributed by atoms with Gasteiger partial charge in [0.1, 0.15) is 6.04 Å². The molecule has 1 aromatic carbocycles. The third kappa shape index (κ3) is 3.64. The van der Waals surface area contributed by atoms with Crippen molar-refractivity contribution in [2.75, 3.05) is 13.1 Å². The van der Waals surface area contributed by atoms with Crippen molar-refractivity contribution in [3.05, 3.63) is 53.3 Å². The number of aryl methyl sites for hydroxylation is 1. The number of likely N-dealkylation sites (N-methyl/N-ethyl adjacent to an activating group) is 1. The number of hydrogen-bond acceptors (Lipinski definition) is 3. The molecule has 0 saturated heterocycles. The summed E-state index contributed by atoms with van der Waals surface area (Å²) in [5, 5.41) is 6.96. The lowest BCUT2D eigenvalue weighted by molar-refractivity contribution is -0.133. The van der Waals surface area contributed by atoms with E-state index in [9.17, 15) is 9.59 Å². The van der Waals surface area contributed by atoms with E-state index in [1.54, 1.807) is 16.6 Å². The van der Waals surface area contributed by atoms with Crippen LogP contribution < -0.4 is 5.32 Å². The maximum atomic E-state index is 12.9. The topological polar surface area (TPSA) is 67.2 Å². The van der Waals surface area contributed by atoms with Crippen molar-refractivity contribution in [1.29, 1.82) is 0 Å². The summed E-state index contributed by atoms with van der Waals surface area (Å²) in [5.74, 6) is -0.406. The Morgan fingerprint density at radius 2 is 1.83 bits per heavy atom. The highest BCUT2D eigenvalue weighted by molar-refractivity contribution is 5.98. The third-order valence-electron chi connectivity index (χ3n) is 4.21. The summed E-state index contributed by atoms with van der Waals surface area (Å²) in [6.45, 7) is 6.87. The quantitative estimate of drug-likeness (QED) is 0.883. The molecule has 2 amide bonds. The lowest BCUT2D eigenvalue weighted by Crippen LogP contribution is -2.43. The van der Waals surface area contributed by atoms with E-state index in [2.05, 4.69) is 10.4 Å². The highest BCUT2D eigenvalue weighted by Gasteiger charge is 2.27. The minimum atomic E-state index is -0.710. The molecule has 0 unspecified atom stereocenters. The molecule has 6 heteroatoms. The van der Waals surface area contributed by atoms with Crippen LogP contribution in [0.1, 0.15) is 41.5 Å². The van der Waals surface area contributed by atoms with Gasteiger partial charge in [-0.1, -0.05) is 30.3 Å². The molecular weight excluding hydrogens is 304 g/mol. The molecule has 1 aromatic heterocycles. The molecule has 0 radical (unpaired) electrons. The maximum absolute atomic E-state index is 12.9. The number of hydrogen-bond donors (Lipinski definition) is 1. The summed E-state index contributed by atoms with van der Waals surface area (Å²) in [7, 11) is 1.78. The molecule has 0 saturated carbocycles. The molecule has 0 fully saturated rings. The van der Waals surface area contributed by atoms with Gasteiger partial charge < -0.3 is 10.2 Å². The van der Waals surface area contributed by atoms with Crippen LogP contribution in [0.5, 0.6) is 0 Å². The predicted molar refractivity (Wildman–Crippen MR) is 92.5 cm³/mol. The molecule has 1 heterocycles. The smallest absolute Gasteiger partial charge is 0.255 e. The second-order valence-corrected chi connectivity index (χ2v) is 5.59. The van der Waals surface area contributed by atoms with Crippen molar-refractivity contribution in [1.82, 2.24) is 20.0 Å². The van der Waals surface area contributed by atoms with Crippen molar-refractivity contribution < 1.29 is 9.59 Å². The predicted octanol–water partition coefficient (Wildman–Crippen LogP) is 2.07. The van der Waals surface area contributed by atoms with E-state index in [0.29, 0.717) is 18.7 Å². The molecule has 2 rings (SSSR count). The number of benzene rings is 1. The Bertz CT molecular complexity index is 705. The number of aromatic nitrogens is 2. The molecule has 0 aliphatic heterocycles. The first-order valence-electron chi connectivity index (χ1n) is 8.12. The van der Waals surface area contributed by atoms with Gasteiger partial charge in [-0.15, -0.1) is 0 Å². The van der Waals surface area contributed by atoms with E-state index < -0.39 is 6.04 Å². The minimum Gasteiger partial charge on any atom is -0.341 e. The van der Waals surface area contributed by atoms with Crippen molar-refractivity contribution in [3.63, 3.8) is 0 Å². The monoisotopic (exact) mass is 328 g/mol. The molecule has 24 heavy (non-hydrogen) atoms. The van der Waals surface area contributed by atoms with Crippen LogP contribution in [0.3, 0.4) is 0 Å². The first-order valence-corrected chi connectivity index (χ1v) is 8.12. The zero-order chi connectivity index (χ0) is 17.7. The average molecular weight is 328 g/mol. The largest absolute Gasteiger partial charge is 0.341 e. The fourth-order valence-electron chi connectivity index (χ4n) is 2.58. The van der Waals surface area contributed by atoms with Crippen molar-refractivity contribution in [3.8, 4) is 0 Å². The lowest BCUT2D eigenvalue weighted by Gasteiger charge is -2.26. The second kappa shape index (κ2) is 7.77. The van der Waals surface area contributed by atoms with Crippen LogP contribution >= 0.6 is 0 Å². The third-order valence-corrected chi connectivity index (χ3v) is 4.21. The number of carbonyl (C=O) groups excluding carboxylic acids is 2. The van der Waals surface area contributed by atoms with Crippen LogP contribution in [0.15, 0.2) is 36.5 Å². The number of nitrogens with zero attached hydrogens (tertiary/aromatic N) is 3. The van der Waals surface area contributed by atoms with Crippen molar-refractivity contribution in [2.45, 2.75) is 26.8 Å². The molecule has 0 aliphatic carbocycles. The van der Waals surface area contributed by atoms with E-state index in [1.165, 1.54) is 6.20 Å². The Morgan fingerprint density at radius 1 is 1.21 bits per heavy atom. The Kier molecular flexibility index (Phi) is 5.73. The number of rotatable bonds is 6. The van der Waals surface area contributed by atoms with Gasteiger partial charge in [-0.05, 0) is 26.3 Å². The molecule has 0 bridgehead atoms. The molecule has 2 aromatic rings. The molecule has 128 valence electrons. The van der Waals surface area contributed by atoms with E-state index in [4.69, 9.17) is 0 Å². The van der Waals surface area contributed by atoms with Gasteiger partial charge in [-0.3, -0.25) is 14.3 Å². The van der Waals surface area contributed by atoms with Crippen molar-refractivity contribution in [2.24, 2.45) is 7.05 Å². The van der Waals surface area contributed by atoms with Gasteiger partial charge in [0.15, 0.2) is 0 Å². The Balaban J connectivity index is 2.31. The lowest BCUT2D eigenvalue weighted by atomic mass is 10.0. The Labute approximate surface area is 142 Å². The normalized spacial score (nSPS) is 11.8. The number of amides is 2.